The molecule has 0 saturated carbocycles. The first-order chi connectivity index (χ1) is 6.60. The summed E-state index contributed by atoms with van der Waals surface area (Å²) >= 11 is 2.96. The Labute approximate surface area is 87.9 Å². The largest absolute Gasteiger partial charge is 0.270 e. The highest BCUT2D eigenvalue weighted by atomic mass is 79.9. The van der Waals surface area contributed by atoms with E-state index in [-0.39, 0.29) is 21.5 Å². The van der Waals surface area contributed by atoms with Crippen molar-refractivity contribution in [1.29, 1.82) is 0 Å². The van der Waals surface area contributed by atoms with Crippen LogP contribution in [0.1, 0.15) is 0 Å². The monoisotopic (exact) mass is 251 g/mol. The zero-order valence-corrected chi connectivity index (χ0v) is 8.28. The molecular weight excluding hydrogens is 250 g/mol. The van der Waals surface area contributed by atoms with E-state index in [0.717, 1.165) is 6.07 Å². The van der Waals surface area contributed by atoms with Crippen molar-refractivity contribution in [3.8, 4) is 0 Å². The summed E-state index contributed by atoms with van der Waals surface area (Å²) in [6.07, 6.45) is 0. The molecule has 0 spiro atoms. The Balaban J connectivity index is 3.50. The van der Waals surface area contributed by atoms with Gasteiger partial charge >= 0.3 is 0 Å². The molecule has 0 aliphatic carbocycles. The molecule has 0 saturated heterocycles. The van der Waals surface area contributed by atoms with Crippen LogP contribution in [-0.4, -0.2) is 4.92 Å². The molecule has 0 aliphatic rings. The standard InChI is InChI=1S/C8H2BrN3O2/c1-10-6-3-5(9)8(12(13)14)4-7(6)11-2/h3-4H. The van der Waals surface area contributed by atoms with Gasteiger partial charge in [0.25, 0.3) is 5.69 Å². The Kier molecular flexibility index (Phi) is 2.80. The minimum Gasteiger partial charge on any atom is -0.258 e. The van der Waals surface area contributed by atoms with E-state index in [9.17, 15) is 10.1 Å². The van der Waals surface area contributed by atoms with Crippen LogP contribution in [0.3, 0.4) is 0 Å². The average Bonchev–Trinajstić information content (AvgIpc) is 2.16. The van der Waals surface area contributed by atoms with Crippen molar-refractivity contribution < 1.29 is 4.92 Å². The van der Waals surface area contributed by atoms with E-state index >= 15 is 0 Å². The highest BCUT2D eigenvalue weighted by molar-refractivity contribution is 9.10. The van der Waals surface area contributed by atoms with Crippen LogP contribution in [0, 0.1) is 23.3 Å². The molecule has 0 N–H and O–H groups in total. The molecule has 0 bridgehead atoms. The predicted octanol–water partition coefficient (Wildman–Crippen LogP) is 3.46. The molecule has 0 unspecified atom stereocenters. The van der Waals surface area contributed by atoms with Gasteiger partial charge in [0.1, 0.15) is 0 Å². The number of hydrogen-bond donors (Lipinski definition) is 0. The summed E-state index contributed by atoms with van der Waals surface area (Å²) in [5.41, 5.74) is -0.101. The maximum absolute atomic E-state index is 10.5. The lowest BCUT2D eigenvalue weighted by Gasteiger charge is -1.98. The lowest BCUT2D eigenvalue weighted by atomic mass is 10.2. The Morgan fingerprint density at radius 1 is 1.29 bits per heavy atom. The summed E-state index contributed by atoms with van der Waals surface area (Å²) in [7, 11) is 0. The molecule has 14 heavy (non-hydrogen) atoms. The van der Waals surface area contributed by atoms with Gasteiger partial charge in [-0.1, -0.05) is 0 Å². The normalized spacial score (nSPS) is 8.79. The third-order valence-electron chi connectivity index (χ3n) is 1.48. The van der Waals surface area contributed by atoms with Gasteiger partial charge in [0.05, 0.1) is 22.5 Å². The minimum absolute atomic E-state index is 0.00472. The zero-order valence-electron chi connectivity index (χ0n) is 6.69. The number of nitro benzene ring substituents is 1. The van der Waals surface area contributed by atoms with Gasteiger partial charge in [0.2, 0.25) is 5.69 Å². The second-order valence-corrected chi connectivity index (χ2v) is 3.13. The quantitative estimate of drug-likeness (QED) is 0.436. The first-order valence-electron chi connectivity index (χ1n) is 3.33. The van der Waals surface area contributed by atoms with Gasteiger partial charge in [0.15, 0.2) is 5.69 Å². The van der Waals surface area contributed by atoms with Crippen molar-refractivity contribution in [2.45, 2.75) is 0 Å². The molecule has 0 amide bonds. The average molecular weight is 252 g/mol. The fraction of sp³-hybridized carbons (Fsp3) is 0. The van der Waals surface area contributed by atoms with Crippen LogP contribution in [-0.2, 0) is 0 Å². The number of benzene rings is 1. The van der Waals surface area contributed by atoms with Crippen LogP contribution in [0.5, 0.6) is 0 Å². The molecule has 0 fully saturated rings. The van der Waals surface area contributed by atoms with Gasteiger partial charge in [-0.25, -0.2) is 4.85 Å². The summed E-state index contributed by atoms with van der Waals surface area (Å²) < 4.78 is 0.209. The molecule has 6 heteroatoms. The molecule has 68 valence electrons. The molecule has 0 radical (unpaired) electrons. The van der Waals surface area contributed by atoms with Gasteiger partial charge < -0.3 is 0 Å². The maximum Gasteiger partial charge on any atom is 0.270 e. The van der Waals surface area contributed by atoms with Crippen LogP contribution in [0.25, 0.3) is 9.69 Å². The van der Waals surface area contributed by atoms with E-state index in [1.165, 1.54) is 6.07 Å². The fourth-order valence-corrected chi connectivity index (χ4v) is 1.34. The Morgan fingerprint density at radius 3 is 2.21 bits per heavy atom. The zero-order chi connectivity index (χ0) is 10.7. The number of nitro groups is 1. The topological polar surface area (TPSA) is 51.9 Å². The molecule has 1 aromatic carbocycles. The number of nitrogens with zero attached hydrogens (tertiary/aromatic N) is 3. The van der Waals surface area contributed by atoms with E-state index in [4.69, 9.17) is 13.1 Å². The van der Waals surface area contributed by atoms with E-state index < -0.39 is 4.92 Å². The van der Waals surface area contributed by atoms with Gasteiger partial charge in [-0.05, 0) is 22.0 Å². The molecule has 0 atom stereocenters. The molecular formula is C8H2BrN3O2. The molecule has 1 rings (SSSR count). The number of hydrogen-bond acceptors (Lipinski definition) is 2. The van der Waals surface area contributed by atoms with E-state index in [0.29, 0.717) is 0 Å². The lowest BCUT2D eigenvalue weighted by Crippen LogP contribution is -1.88. The fourth-order valence-electron chi connectivity index (χ4n) is 0.859. The Bertz CT molecular complexity index is 485. The smallest absolute Gasteiger partial charge is 0.258 e. The van der Waals surface area contributed by atoms with Crippen LogP contribution in [0.2, 0.25) is 0 Å². The Morgan fingerprint density at radius 2 is 1.79 bits per heavy atom. The highest BCUT2D eigenvalue weighted by Crippen LogP contribution is 2.37. The summed E-state index contributed by atoms with van der Waals surface area (Å²) in [5, 5.41) is 10.5. The first kappa shape index (κ1) is 10.2. The summed E-state index contributed by atoms with van der Waals surface area (Å²) in [4.78, 5) is 16.0. The van der Waals surface area contributed by atoms with Gasteiger partial charge in [0, 0.05) is 6.07 Å². The second-order valence-electron chi connectivity index (χ2n) is 2.27. The minimum atomic E-state index is -0.605. The van der Waals surface area contributed by atoms with E-state index in [1.54, 1.807) is 0 Å². The van der Waals surface area contributed by atoms with Crippen LogP contribution in [0.4, 0.5) is 17.1 Å². The van der Waals surface area contributed by atoms with E-state index in [2.05, 4.69) is 25.6 Å². The predicted molar refractivity (Wildman–Crippen MR) is 53.3 cm³/mol. The van der Waals surface area contributed by atoms with Crippen molar-refractivity contribution in [3.05, 3.63) is 49.6 Å². The molecule has 0 aliphatic heterocycles. The first-order valence-corrected chi connectivity index (χ1v) is 4.12. The van der Waals surface area contributed by atoms with Crippen molar-refractivity contribution in [3.63, 3.8) is 0 Å². The highest BCUT2D eigenvalue weighted by Gasteiger charge is 2.15. The third-order valence-corrected chi connectivity index (χ3v) is 2.12. The molecule has 1 aromatic rings. The molecule has 5 nitrogen and oxygen atoms in total. The SMILES string of the molecule is [C-]#[N+]c1cc(Br)c([N+](=O)[O-])cc1[N+]#[C-]. The van der Waals surface area contributed by atoms with Crippen LogP contribution in [0.15, 0.2) is 16.6 Å². The Hall–Kier alpha value is -1.92. The number of rotatable bonds is 1. The third kappa shape index (κ3) is 1.70. The van der Waals surface area contributed by atoms with Gasteiger partial charge in [-0.3, -0.25) is 15.0 Å². The molecule has 0 heterocycles. The summed E-state index contributed by atoms with van der Waals surface area (Å²) in [6.45, 7) is 13.5. The maximum atomic E-state index is 10.5. The lowest BCUT2D eigenvalue weighted by molar-refractivity contribution is -0.385. The van der Waals surface area contributed by atoms with Gasteiger partial charge in [-0.2, -0.15) is 0 Å². The second kappa shape index (κ2) is 3.86. The summed E-state index contributed by atoms with van der Waals surface area (Å²) in [6, 6.07) is 2.36. The van der Waals surface area contributed by atoms with Gasteiger partial charge in [-0.15, -0.1) is 0 Å². The molecule has 0 aromatic heterocycles. The van der Waals surface area contributed by atoms with Crippen molar-refractivity contribution in [2.75, 3.05) is 0 Å². The van der Waals surface area contributed by atoms with Crippen molar-refractivity contribution in [2.24, 2.45) is 0 Å². The van der Waals surface area contributed by atoms with E-state index in [1.807, 2.05) is 0 Å². The number of halogens is 1. The van der Waals surface area contributed by atoms with Crippen molar-refractivity contribution >= 4 is 33.0 Å². The van der Waals surface area contributed by atoms with Crippen LogP contribution < -0.4 is 0 Å². The van der Waals surface area contributed by atoms with Crippen molar-refractivity contribution in [1.82, 2.24) is 0 Å². The summed E-state index contributed by atoms with van der Waals surface area (Å²) in [5.74, 6) is 0. The van der Waals surface area contributed by atoms with Crippen LogP contribution >= 0.6 is 15.9 Å².